The van der Waals surface area contributed by atoms with Crippen LogP contribution in [0.15, 0.2) is 176 Å². The van der Waals surface area contributed by atoms with E-state index in [1.165, 1.54) is 92.6 Å². The minimum Gasteiger partial charge on any atom is -0.508 e. The maximum atomic E-state index is 13.8. The van der Waals surface area contributed by atoms with Crippen molar-refractivity contribution in [2.24, 2.45) is 0 Å². The van der Waals surface area contributed by atoms with Crippen molar-refractivity contribution in [3.63, 3.8) is 0 Å². The zero-order valence-electron chi connectivity index (χ0n) is 76.4. The van der Waals surface area contributed by atoms with Crippen molar-refractivity contribution in [2.75, 3.05) is 47.3 Å². The van der Waals surface area contributed by atoms with Crippen LogP contribution in [-0.4, -0.2) is 133 Å². The summed E-state index contributed by atoms with van der Waals surface area (Å²) in [5.74, 6) is -2.56. The van der Waals surface area contributed by atoms with Crippen molar-refractivity contribution in [1.29, 1.82) is 0 Å². The molecule has 0 aliphatic carbocycles. The lowest BCUT2D eigenvalue weighted by Gasteiger charge is -2.19. The number of halogens is 2. The Morgan fingerprint density at radius 1 is 0.326 bits per heavy atom. The van der Waals surface area contributed by atoms with Gasteiger partial charge >= 0.3 is 5.97 Å². The lowest BCUT2D eigenvalue weighted by Crippen LogP contribution is -2.13. The summed E-state index contributed by atoms with van der Waals surface area (Å²) >= 11 is 0. The number of aryl methyl sites for hydroxylation is 7. The number of ketones is 5. The molecule has 0 unspecified atom stereocenters. The molecule has 0 saturated carbocycles. The molecule has 0 bridgehead atoms. The Balaban J connectivity index is 0.000000344. The molecule has 0 heterocycles. The van der Waals surface area contributed by atoms with E-state index in [-0.39, 0.29) is 155 Å². The molecule has 0 aliphatic heterocycles. The van der Waals surface area contributed by atoms with Gasteiger partial charge in [0.1, 0.15) is 92.1 Å². The zero-order valence-corrected chi connectivity index (χ0v) is 76.4. The number of Topliss-reactive ketones (excluding diaryl/α,β-unsaturated/α-hetero) is 5. The van der Waals surface area contributed by atoms with E-state index in [4.69, 9.17) is 28.4 Å². The molecule has 0 fully saturated rings. The largest absolute Gasteiger partial charge is 0.508 e. The molecule has 10 rings (SSSR count). The number of carbonyl (C=O) groups excluding carboxylic acids is 6. The minimum absolute atomic E-state index is 0. The van der Waals surface area contributed by atoms with Crippen molar-refractivity contribution in [2.45, 2.75) is 212 Å². The summed E-state index contributed by atoms with van der Waals surface area (Å²) in [7, 11) is 2.83. The van der Waals surface area contributed by atoms with Gasteiger partial charge in [0.05, 0.1) is 47.6 Å². The number of aromatic hydroxyl groups is 10. The third-order valence-electron chi connectivity index (χ3n) is 20.9. The fraction of sp³-hybridized carbons (Fsp3) is 0.364. The highest BCUT2D eigenvalue weighted by Gasteiger charge is 2.24. The van der Waals surface area contributed by atoms with Crippen molar-refractivity contribution in [1.82, 2.24) is 0 Å². The number of methoxy groups -OCH3 is 2. The number of phenols is 10. The summed E-state index contributed by atoms with van der Waals surface area (Å²) in [5, 5.41) is 99.5. The fourth-order valence-electron chi connectivity index (χ4n) is 13.2. The highest BCUT2D eigenvalue weighted by Crippen LogP contribution is 2.36. The maximum absolute atomic E-state index is 13.8. The van der Waals surface area contributed by atoms with Crippen molar-refractivity contribution < 1.29 is 122 Å². The van der Waals surface area contributed by atoms with Gasteiger partial charge in [-0.05, 0) is 212 Å². The van der Waals surface area contributed by atoms with Crippen LogP contribution in [0.3, 0.4) is 0 Å². The second-order valence-electron chi connectivity index (χ2n) is 32.3. The van der Waals surface area contributed by atoms with Gasteiger partial charge in [-0.25, -0.2) is 13.6 Å². The standard InChI is InChI=1S/C23H28O5.C22H26O6.C21H25FO4.C21H26O4.C18H19FO4.2CH4/c1-4-5-6-7-9-18-13-20(22(25)14-21(18)24)23(26)15-28-19-11-8-10-17(12-19)16(2)27-3;1-3-4-5-6-7-16-12-18(20(24)13-19(16)23)21(25)14-28-17-10-8-15(9-11-17)22(26)27-2;1-3-4-5-6-7-15-11-16(19(24)12-18(15)23)20(25)13-26-21-9-8-14(2)10-17(21)22;1-5-6-14-11-17(19(23)12-18(14)22)20(24)13-25-16-9-7-15(8-10-16)21(2,3)4;1-3-4-12-7-14(17(21)9-16(12)20)18(22)10-23-13-6-5-11(2)15(19)8-13;;/h8,10-14,24-25H,2,4-7,9,15H2,1,3H3;8-13,23-24H,3-7,14H2,1-2H3;8-12,23-24H,3-7,13H2,1-2H3;7-12,22-23H,5-6,13H2,1-4H3;5-9,20-21H,3-4,10H2,1-2H3;2*1H4. The van der Waals surface area contributed by atoms with Gasteiger partial charge in [0.25, 0.3) is 0 Å². The first-order valence-corrected chi connectivity index (χ1v) is 43.7. The number of phenolic OH excluding ortho intramolecular Hbond substituents is 10. The van der Waals surface area contributed by atoms with Gasteiger partial charge in [-0.1, -0.05) is 184 Å². The van der Waals surface area contributed by atoms with Gasteiger partial charge in [0.15, 0.2) is 44.6 Å². The number of unbranched alkanes of at least 4 members (excludes halogenated alkanes) is 9. The van der Waals surface area contributed by atoms with Crippen LogP contribution in [0.2, 0.25) is 0 Å². The Morgan fingerprint density at radius 3 is 0.985 bits per heavy atom. The minimum atomic E-state index is -0.538. The predicted octanol–water partition coefficient (Wildman–Crippen LogP) is 23.9. The quantitative estimate of drug-likeness (QED) is 0.00735. The van der Waals surface area contributed by atoms with Crippen molar-refractivity contribution in [3.05, 3.63) is 272 Å². The molecular weight excluding hydrogens is 1690 g/mol. The summed E-state index contributed by atoms with van der Waals surface area (Å²) < 4.78 is 64.1. The van der Waals surface area contributed by atoms with Crippen molar-refractivity contribution >= 4 is 40.6 Å². The predicted molar refractivity (Wildman–Crippen MR) is 511 cm³/mol. The molecular formula is C107H132F2O23. The molecule has 0 radical (unpaired) electrons. The van der Waals surface area contributed by atoms with E-state index in [9.17, 15) is 88.6 Å². The van der Waals surface area contributed by atoms with E-state index >= 15 is 0 Å². The van der Waals surface area contributed by atoms with Crippen LogP contribution in [-0.2, 0) is 47.0 Å². The Morgan fingerprint density at radius 2 is 0.659 bits per heavy atom. The molecule has 0 saturated heterocycles. The molecule has 10 N–H and O–H groups in total. The lowest BCUT2D eigenvalue weighted by molar-refractivity contribution is 0.0599. The highest BCUT2D eigenvalue weighted by molar-refractivity contribution is 6.03. The molecule has 0 spiro atoms. The topological polar surface area (TPSA) is 369 Å². The lowest BCUT2D eigenvalue weighted by atomic mass is 9.87. The van der Waals surface area contributed by atoms with E-state index in [2.05, 4.69) is 52.9 Å². The fourth-order valence-corrected chi connectivity index (χ4v) is 13.2. The van der Waals surface area contributed by atoms with Crippen LogP contribution in [0.1, 0.15) is 272 Å². The number of benzene rings is 10. The van der Waals surface area contributed by atoms with E-state index in [1.54, 1.807) is 74.5 Å². The van der Waals surface area contributed by atoms with Gasteiger partial charge < -0.3 is 84.2 Å². The molecule has 0 aliphatic rings. The van der Waals surface area contributed by atoms with Gasteiger partial charge in [-0.2, -0.15) is 0 Å². The molecule has 712 valence electrons. The second-order valence-corrected chi connectivity index (χ2v) is 32.3. The van der Waals surface area contributed by atoms with E-state index < -0.39 is 41.6 Å². The summed E-state index contributed by atoms with van der Waals surface area (Å²) in [6, 6.07) is 43.3. The van der Waals surface area contributed by atoms with Crippen LogP contribution in [0.4, 0.5) is 8.78 Å². The smallest absolute Gasteiger partial charge is 0.337 e. The summed E-state index contributed by atoms with van der Waals surface area (Å²) in [6.45, 7) is 22.5. The first-order valence-electron chi connectivity index (χ1n) is 43.7. The first kappa shape index (κ1) is 111. The van der Waals surface area contributed by atoms with Gasteiger partial charge in [0, 0.05) is 42.0 Å². The Labute approximate surface area is 774 Å². The van der Waals surface area contributed by atoms with Crippen LogP contribution in [0.25, 0.3) is 5.76 Å². The van der Waals surface area contributed by atoms with E-state index in [0.717, 1.165) is 107 Å². The molecule has 0 atom stereocenters. The van der Waals surface area contributed by atoms with Gasteiger partial charge in [-0.3, -0.25) is 24.0 Å². The SMILES string of the molecule is C.C.C=C(OC)c1cccc(OCC(=O)c2cc(CCCCCC)c(O)cc2O)c1.CCCCCCc1cc(C(=O)COc2ccc(C(=O)OC)cc2)c(O)cc1O.CCCCCCc1cc(C(=O)COc2ccc(C)cc2F)c(O)cc1O.CCCc1cc(C(=O)COc2ccc(C(C)(C)C)cc2)c(O)cc1O.CCCc1cc(C(=O)COc2ccc(C)c(F)c2)c(O)cc1O. The number of ether oxygens (including phenoxy) is 7. The van der Waals surface area contributed by atoms with Crippen LogP contribution >= 0.6 is 0 Å². The van der Waals surface area contributed by atoms with Crippen LogP contribution < -0.4 is 23.7 Å². The molecule has 0 amide bonds. The number of carbonyl (C=O) groups is 6. The first-order chi connectivity index (χ1) is 62.0. The average Bonchev–Trinajstić information content (AvgIpc) is 0.839. The van der Waals surface area contributed by atoms with E-state index in [0.29, 0.717) is 94.1 Å². The van der Waals surface area contributed by atoms with Crippen LogP contribution in [0.5, 0.6) is 86.2 Å². The normalized spacial score (nSPS) is 10.6. The third kappa shape index (κ3) is 35.4. The van der Waals surface area contributed by atoms with Gasteiger partial charge in [0.2, 0.25) is 28.9 Å². The Kier molecular flexibility index (Phi) is 47.1. The molecule has 25 heteroatoms. The molecule has 10 aromatic rings. The average molecular weight is 1820 g/mol. The van der Waals surface area contributed by atoms with Gasteiger partial charge in [-0.15, -0.1) is 0 Å². The molecule has 10 aromatic carbocycles. The number of rotatable bonds is 42. The Bertz CT molecular complexity index is 5420. The van der Waals surface area contributed by atoms with Crippen LogP contribution in [0, 0.1) is 25.5 Å². The summed E-state index contributed by atoms with van der Waals surface area (Å²) in [4.78, 5) is 73.4. The maximum Gasteiger partial charge on any atom is 0.337 e. The molecule has 23 nitrogen and oxygen atoms in total. The third-order valence-corrected chi connectivity index (χ3v) is 20.9. The molecule has 132 heavy (non-hydrogen) atoms. The highest BCUT2D eigenvalue weighted by atomic mass is 19.1. The second kappa shape index (κ2) is 56.1. The number of hydrogen-bond donors (Lipinski definition) is 10. The number of hydrogen-bond acceptors (Lipinski definition) is 23. The van der Waals surface area contributed by atoms with Crippen molar-refractivity contribution in [3.8, 4) is 86.2 Å². The zero-order chi connectivity index (χ0) is 95.7. The summed E-state index contributed by atoms with van der Waals surface area (Å²) in [5.41, 5.74) is 7.39. The summed E-state index contributed by atoms with van der Waals surface area (Å²) in [6.07, 6.45) is 17.4. The number of esters is 1. The Hall–Kier alpha value is -13.6. The monoisotopic (exact) mass is 1820 g/mol. The molecule has 0 aromatic heterocycles. The van der Waals surface area contributed by atoms with E-state index in [1.807, 2.05) is 44.2 Å².